The standard InChI is InChI=1S/C20H21N3O5S/c1-15(24)16-4-6-18(7-5-16)29(25,26)23-10-8-22(9-11-23)14-17-13-20(28-21-17)19-3-2-12-27-19/h2-7,12-13H,8-11,14H2,1H3. The Balaban J connectivity index is 1.37. The second-order valence-corrected chi connectivity index (χ2v) is 8.86. The maximum Gasteiger partial charge on any atom is 0.243 e. The van der Waals surface area contributed by atoms with E-state index in [0.29, 0.717) is 49.8 Å². The minimum absolute atomic E-state index is 0.0920. The van der Waals surface area contributed by atoms with Gasteiger partial charge in [-0.25, -0.2) is 8.42 Å². The number of piperazine rings is 1. The van der Waals surface area contributed by atoms with Gasteiger partial charge in [-0.15, -0.1) is 0 Å². The molecule has 0 unspecified atom stereocenters. The maximum absolute atomic E-state index is 12.9. The molecule has 1 aromatic carbocycles. The van der Waals surface area contributed by atoms with Crippen LogP contribution in [0.3, 0.4) is 0 Å². The molecular formula is C20H21N3O5S. The van der Waals surface area contributed by atoms with Crippen molar-refractivity contribution in [3.63, 3.8) is 0 Å². The van der Waals surface area contributed by atoms with Gasteiger partial charge < -0.3 is 8.94 Å². The Labute approximate surface area is 168 Å². The molecule has 8 nitrogen and oxygen atoms in total. The molecule has 9 heteroatoms. The van der Waals surface area contributed by atoms with E-state index < -0.39 is 10.0 Å². The van der Waals surface area contributed by atoms with Crippen LogP contribution in [0, 0.1) is 0 Å². The summed E-state index contributed by atoms with van der Waals surface area (Å²) in [6, 6.07) is 11.5. The molecule has 2 aromatic heterocycles. The summed E-state index contributed by atoms with van der Waals surface area (Å²) in [5.41, 5.74) is 1.27. The molecule has 0 atom stereocenters. The average Bonchev–Trinajstić information content (AvgIpc) is 3.40. The normalized spacial score (nSPS) is 16.2. The van der Waals surface area contributed by atoms with E-state index >= 15 is 0 Å². The number of carbonyl (C=O) groups is 1. The number of hydrogen-bond donors (Lipinski definition) is 0. The predicted octanol–water partition coefficient (Wildman–Crippen LogP) is 2.64. The van der Waals surface area contributed by atoms with E-state index in [0.717, 1.165) is 5.69 Å². The number of Topliss-reactive ketones (excluding diaryl/α,β-unsaturated/α-hetero) is 1. The quantitative estimate of drug-likeness (QED) is 0.571. The van der Waals surface area contributed by atoms with Crippen LogP contribution in [0.15, 0.2) is 62.6 Å². The van der Waals surface area contributed by atoms with Gasteiger partial charge in [-0.1, -0.05) is 17.3 Å². The fourth-order valence-electron chi connectivity index (χ4n) is 3.29. The smallest absolute Gasteiger partial charge is 0.243 e. The molecule has 0 radical (unpaired) electrons. The summed E-state index contributed by atoms with van der Waals surface area (Å²) in [6.45, 7) is 3.99. The molecular weight excluding hydrogens is 394 g/mol. The fourth-order valence-corrected chi connectivity index (χ4v) is 4.71. The summed E-state index contributed by atoms with van der Waals surface area (Å²) in [4.78, 5) is 13.7. The van der Waals surface area contributed by atoms with Crippen LogP contribution in [0.5, 0.6) is 0 Å². The number of aromatic nitrogens is 1. The molecule has 152 valence electrons. The van der Waals surface area contributed by atoms with Crippen molar-refractivity contribution >= 4 is 15.8 Å². The van der Waals surface area contributed by atoms with Gasteiger partial charge >= 0.3 is 0 Å². The van der Waals surface area contributed by atoms with Crippen molar-refractivity contribution in [3.05, 3.63) is 60.0 Å². The van der Waals surface area contributed by atoms with E-state index in [4.69, 9.17) is 8.94 Å². The maximum atomic E-state index is 12.9. The highest BCUT2D eigenvalue weighted by molar-refractivity contribution is 7.89. The summed E-state index contributed by atoms with van der Waals surface area (Å²) in [7, 11) is -3.58. The second kappa shape index (κ2) is 7.94. The summed E-state index contributed by atoms with van der Waals surface area (Å²) in [6.07, 6.45) is 1.57. The zero-order chi connectivity index (χ0) is 20.4. The zero-order valence-corrected chi connectivity index (χ0v) is 16.8. The van der Waals surface area contributed by atoms with Crippen molar-refractivity contribution in [1.29, 1.82) is 0 Å². The topological polar surface area (TPSA) is 96.9 Å². The molecule has 0 amide bonds. The number of rotatable bonds is 6. The Hall–Kier alpha value is -2.75. The van der Waals surface area contributed by atoms with Gasteiger partial charge in [-0.3, -0.25) is 9.69 Å². The van der Waals surface area contributed by atoms with Crippen LogP contribution in [0.4, 0.5) is 0 Å². The Kier molecular flexibility index (Phi) is 5.35. The Bertz CT molecular complexity index is 1080. The molecule has 1 aliphatic rings. The van der Waals surface area contributed by atoms with Gasteiger partial charge in [-0.2, -0.15) is 4.31 Å². The number of sulfonamides is 1. The molecule has 4 rings (SSSR count). The van der Waals surface area contributed by atoms with Gasteiger partial charge in [0.1, 0.15) is 0 Å². The third-order valence-electron chi connectivity index (χ3n) is 4.94. The third kappa shape index (κ3) is 4.16. The fraction of sp³-hybridized carbons (Fsp3) is 0.300. The van der Waals surface area contributed by atoms with Crippen molar-refractivity contribution in [2.75, 3.05) is 26.2 Å². The van der Waals surface area contributed by atoms with Crippen molar-refractivity contribution in [1.82, 2.24) is 14.4 Å². The first-order valence-electron chi connectivity index (χ1n) is 9.26. The summed E-state index contributed by atoms with van der Waals surface area (Å²) < 4.78 is 37.8. The van der Waals surface area contributed by atoms with Crippen molar-refractivity contribution in [2.45, 2.75) is 18.4 Å². The number of ketones is 1. The third-order valence-corrected chi connectivity index (χ3v) is 6.85. The molecule has 0 N–H and O–H groups in total. The van der Waals surface area contributed by atoms with Gasteiger partial charge in [0.05, 0.1) is 16.9 Å². The van der Waals surface area contributed by atoms with Crippen LogP contribution in [0.1, 0.15) is 23.0 Å². The lowest BCUT2D eigenvalue weighted by molar-refractivity contribution is 0.101. The van der Waals surface area contributed by atoms with Gasteiger partial charge in [0.15, 0.2) is 11.5 Å². The largest absolute Gasteiger partial charge is 0.461 e. The highest BCUT2D eigenvalue weighted by atomic mass is 32.2. The lowest BCUT2D eigenvalue weighted by atomic mass is 10.2. The molecule has 1 saturated heterocycles. The van der Waals surface area contributed by atoms with E-state index in [9.17, 15) is 13.2 Å². The van der Waals surface area contributed by atoms with Crippen LogP contribution < -0.4 is 0 Å². The number of hydrogen-bond acceptors (Lipinski definition) is 7. The van der Waals surface area contributed by atoms with Crippen molar-refractivity contribution in [2.24, 2.45) is 0 Å². The lowest BCUT2D eigenvalue weighted by Crippen LogP contribution is -2.48. The SMILES string of the molecule is CC(=O)c1ccc(S(=O)(=O)N2CCN(Cc3cc(-c4ccco4)on3)CC2)cc1. The Morgan fingerprint density at radius 2 is 1.79 bits per heavy atom. The zero-order valence-electron chi connectivity index (χ0n) is 15.9. The van der Waals surface area contributed by atoms with Crippen LogP contribution >= 0.6 is 0 Å². The minimum Gasteiger partial charge on any atom is -0.461 e. The minimum atomic E-state index is -3.58. The summed E-state index contributed by atoms with van der Waals surface area (Å²) in [5, 5.41) is 4.07. The number of furan rings is 1. The second-order valence-electron chi connectivity index (χ2n) is 6.92. The molecule has 0 spiro atoms. The summed E-state index contributed by atoms with van der Waals surface area (Å²) >= 11 is 0. The van der Waals surface area contributed by atoms with Crippen LogP contribution in [-0.4, -0.2) is 54.7 Å². The Morgan fingerprint density at radius 3 is 2.41 bits per heavy atom. The molecule has 1 aliphatic heterocycles. The average molecular weight is 415 g/mol. The van der Waals surface area contributed by atoms with Crippen molar-refractivity contribution in [3.8, 4) is 11.5 Å². The van der Waals surface area contributed by atoms with Gasteiger partial charge in [0, 0.05) is 44.4 Å². The summed E-state index contributed by atoms with van der Waals surface area (Å²) in [5.74, 6) is 1.10. The molecule has 29 heavy (non-hydrogen) atoms. The number of carbonyl (C=O) groups excluding carboxylic acids is 1. The first-order chi connectivity index (χ1) is 13.9. The van der Waals surface area contributed by atoms with Crippen LogP contribution in [0.25, 0.3) is 11.5 Å². The van der Waals surface area contributed by atoms with E-state index in [-0.39, 0.29) is 10.7 Å². The first-order valence-corrected chi connectivity index (χ1v) is 10.7. The molecule has 1 fully saturated rings. The van der Waals surface area contributed by atoms with Crippen LogP contribution in [-0.2, 0) is 16.6 Å². The predicted molar refractivity (Wildman–Crippen MR) is 105 cm³/mol. The van der Waals surface area contributed by atoms with E-state index in [2.05, 4.69) is 10.1 Å². The number of nitrogens with zero attached hydrogens (tertiary/aromatic N) is 3. The first kappa shape index (κ1) is 19.6. The Morgan fingerprint density at radius 1 is 1.07 bits per heavy atom. The van der Waals surface area contributed by atoms with E-state index in [1.165, 1.54) is 23.4 Å². The molecule has 0 saturated carbocycles. The molecule has 0 bridgehead atoms. The number of benzene rings is 1. The van der Waals surface area contributed by atoms with Gasteiger partial charge in [-0.05, 0) is 31.2 Å². The molecule has 0 aliphatic carbocycles. The van der Waals surface area contributed by atoms with E-state index in [1.54, 1.807) is 30.5 Å². The van der Waals surface area contributed by atoms with Crippen molar-refractivity contribution < 1.29 is 22.2 Å². The highest BCUT2D eigenvalue weighted by Crippen LogP contribution is 2.22. The van der Waals surface area contributed by atoms with Gasteiger partial charge in [0.2, 0.25) is 15.8 Å². The van der Waals surface area contributed by atoms with E-state index in [1.807, 2.05) is 6.07 Å². The highest BCUT2D eigenvalue weighted by Gasteiger charge is 2.29. The molecule has 3 heterocycles. The molecule has 3 aromatic rings. The monoisotopic (exact) mass is 415 g/mol. The lowest BCUT2D eigenvalue weighted by Gasteiger charge is -2.33. The van der Waals surface area contributed by atoms with Gasteiger partial charge in [0.25, 0.3) is 0 Å². The van der Waals surface area contributed by atoms with Crippen LogP contribution in [0.2, 0.25) is 0 Å².